The van der Waals surface area contributed by atoms with Crippen LogP contribution in [0.4, 0.5) is 0 Å². The zero-order valence-electron chi connectivity index (χ0n) is 10.9. The minimum atomic E-state index is 0.923. The third-order valence-electron chi connectivity index (χ3n) is 3.25. The Balaban J connectivity index is 1.76. The smallest absolute Gasteiger partial charge is 0.0577 e. The fourth-order valence-corrected chi connectivity index (χ4v) is 2.19. The van der Waals surface area contributed by atoms with Crippen molar-refractivity contribution in [2.45, 2.75) is 71.1 Å². The number of unbranched alkanes of at least 4 members (excludes halogenated alkanes) is 8. The molecule has 1 aliphatic heterocycles. The largest absolute Gasteiger partial charge is 0.286 e. The van der Waals surface area contributed by atoms with Crippen LogP contribution in [0.3, 0.4) is 0 Å². The molecule has 0 fully saturated rings. The topological polar surface area (TPSA) is 12.4 Å². The summed E-state index contributed by atoms with van der Waals surface area (Å²) in [5.41, 5.74) is 1.32. The molecule has 0 saturated carbocycles. The second-order valence-electron chi connectivity index (χ2n) is 4.81. The predicted octanol–water partition coefficient (Wildman–Crippen LogP) is 4.92. The Morgan fingerprint density at radius 3 is 2.12 bits per heavy atom. The van der Waals surface area contributed by atoms with E-state index in [-0.39, 0.29) is 0 Å². The molecule has 1 aliphatic rings. The van der Waals surface area contributed by atoms with Crippen molar-refractivity contribution in [2.75, 3.05) is 6.54 Å². The van der Waals surface area contributed by atoms with Gasteiger partial charge in [-0.2, -0.15) is 0 Å². The van der Waals surface area contributed by atoms with Crippen molar-refractivity contribution in [1.82, 2.24) is 0 Å². The summed E-state index contributed by atoms with van der Waals surface area (Å²) in [5, 5.41) is 0. The van der Waals surface area contributed by atoms with Crippen molar-refractivity contribution >= 4 is 5.71 Å². The molecule has 0 aromatic rings. The van der Waals surface area contributed by atoms with Crippen LogP contribution in [0.1, 0.15) is 71.1 Å². The van der Waals surface area contributed by atoms with Crippen LogP contribution in [-0.4, -0.2) is 12.3 Å². The molecule has 0 aromatic heterocycles. The summed E-state index contributed by atoms with van der Waals surface area (Å²) in [4.78, 5) is 4.41. The molecular weight excluding hydrogens is 194 g/mol. The van der Waals surface area contributed by atoms with E-state index in [0.29, 0.717) is 0 Å². The van der Waals surface area contributed by atoms with E-state index in [1.807, 2.05) is 0 Å². The van der Waals surface area contributed by atoms with Gasteiger partial charge in [0.15, 0.2) is 0 Å². The maximum Gasteiger partial charge on any atom is 0.0577 e. The molecule has 0 N–H and O–H groups in total. The van der Waals surface area contributed by atoms with Crippen molar-refractivity contribution in [3.63, 3.8) is 0 Å². The molecule has 0 unspecified atom stereocenters. The fraction of sp³-hybridized carbons (Fsp3) is 0.800. The van der Waals surface area contributed by atoms with E-state index in [9.17, 15) is 0 Å². The normalized spacial score (nSPS) is 14.4. The Labute approximate surface area is 101 Å². The van der Waals surface area contributed by atoms with Crippen molar-refractivity contribution in [3.05, 3.63) is 12.2 Å². The van der Waals surface area contributed by atoms with E-state index < -0.39 is 0 Å². The minimum Gasteiger partial charge on any atom is -0.286 e. The molecule has 0 bridgehead atoms. The van der Waals surface area contributed by atoms with Crippen molar-refractivity contribution in [2.24, 2.45) is 4.99 Å². The summed E-state index contributed by atoms with van der Waals surface area (Å²) in [5.74, 6) is 0. The quantitative estimate of drug-likeness (QED) is 0.464. The molecule has 0 aromatic carbocycles. The van der Waals surface area contributed by atoms with Crippen LogP contribution in [0.15, 0.2) is 17.1 Å². The zero-order valence-corrected chi connectivity index (χ0v) is 10.9. The Bertz CT molecular complexity index is 215. The standard InChI is InChI=1S/C15H27N/c1-2-3-4-5-6-7-8-9-10-12-15-13-11-14-16-15/h11,13H,2-10,12,14H2,1H3. The maximum atomic E-state index is 4.41. The van der Waals surface area contributed by atoms with E-state index >= 15 is 0 Å². The van der Waals surface area contributed by atoms with Gasteiger partial charge in [0.2, 0.25) is 0 Å². The molecule has 0 aliphatic carbocycles. The lowest BCUT2D eigenvalue weighted by Gasteiger charge is -2.01. The van der Waals surface area contributed by atoms with Crippen LogP contribution in [0.5, 0.6) is 0 Å². The average Bonchev–Trinajstić information content (AvgIpc) is 2.80. The Morgan fingerprint density at radius 1 is 0.938 bits per heavy atom. The van der Waals surface area contributed by atoms with Crippen LogP contribution in [-0.2, 0) is 0 Å². The first-order valence-corrected chi connectivity index (χ1v) is 7.13. The molecular formula is C15H27N. The number of rotatable bonds is 10. The van der Waals surface area contributed by atoms with Gasteiger partial charge in [-0.1, -0.05) is 64.4 Å². The lowest BCUT2D eigenvalue weighted by Crippen LogP contribution is -1.90. The van der Waals surface area contributed by atoms with Gasteiger partial charge in [-0.25, -0.2) is 0 Å². The molecule has 92 valence electrons. The second kappa shape index (κ2) is 9.62. The summed E-state index contributed by atoms with van der Waals surface area (Å²) in [6, 6.07) is 0. The van der Waals surface area contributed by atoms with Gasteiger partial charge in [0.25, 0.3) is 0 Å². The number of nitrogens with zero attached hydrogens (tertiary/aromatic N) is 1. The molecule has 0 saturated heterocycles. The van der Waals surface area contributed by atoms with Crippen LogP contribution < -0.4 is 0 Å². The number of allylic oxidation sites excluding steroid dienone is 1. The summed E-state index contributed by atoms with van der Waals surface area (Å²) in [6.07, 6.45) is 18.2. The first-order chi connectivity index (χ1) is 7.93. The SMILES string of the molecule is CCCCCCCCCCCC1=NCC=C1. The summed E-state index contributed by atoms with van der Waals surface area (Å²) >= 11 is 0. The van der Waals surface area contributed by atoms with Crippen molar-refractivity contribution < 1.29 is 0 Å². The molecule has 1 heterocycles. The maximum absolute atomic E-state index is 4.41. The third kappa shape index (κ3) is 6.81. The van der Waals surface area contributed by atoms with Gasteiger partial charge >= 0.3 is 0 Å². The van der Waals surface area contributed by atoms with Crippen molar-refractivity contribution in [1.29, 1.82) is 0 Å². The number of hydrogen-bond donors (Lipinski definition) is 0. The molecule has 1 rings (SSSR count). The molecule has 16 heavy (non-hydrogen) atoms. The number of hydrogen-bond acceptors (Lipinski definition) is 1. The lowest BCUT2D eigenvalue weighted by molar-refractivity contribution is 0.568. The van der Waals surface area contributed by atoms with Crippen LogP contribution >= 0.6 is 0 Å². The molecule has 0 amide bonds. The highest BCUT2D eigenvalue weighted by atomic mass is 14.7. The van der Waals surface area contributed by atoms with Gasteiger partial charge < -0.3 is 0 Å². The predicted molar refractivity (Wildman–Crippen MR) is 73.3 cm³/mol. The van der Waals surface area contributed by atoms with Crippen LogP contribution in [0, 0.1) is 0 Å². The van der Waals surface area contributed by atoms with Gasteiger partial charge in [0, 0.05) is 5.71 Å². The van der Waals surface area contributed by atoms with Gasteiger partial charge in [0.05, 0.1) is 6.54 Å². The van der Waals surface area contributed by atoms with Gasteiger partial charge in [-0.3, -0.25) is 4.99 Å². The first-order valence-electron chi connectivity index (χ1n) is 7.13. The molecule has 0 spiro atoms. The highest BCUT2D eigenvalue weighted by molar-refractivity contribution is 5.96. The Kier molecular flexibility index (Phi) is 8.10. The number of aliphatic imine (C=N–C) groups is 1. The Morgan fingerprint density at radius 2 is 1.56 bits per heavy atom. The van der Waals surface area contributed by atoms with Crippen LogP contribution in [0.2, 0.25) is 0 Å². The van der Waals surface area contributed by atoms with E-state index in [1.165, 1.54) is 69.9 Å². The Hall–Kier alpha value is -0.590. The van der Waals surface area contributed by atoms with E-state index in [4.69, 9.17) is 0 Å². The molecule has 1 nitrogen and oxygen atoms in total. The summed E-state index contributed by atoms with van der Waals surface area (Å²) in [7, 11) is 0. The molecule has 0 radical (unpaired) electrons. The van der Waals surface area contributed by atoms with E-state index in [1.54, 1.807) is 0 Å². The summed E-state index contributed by atoms with van der Waals surface area (Å²) in [6.45, 7) is 3.20. The third-order valence-corrected chi connectivity index (χ3v) is 3.25. The lowest BCUT2D eigenvalue weighted by atomic mass is 10.1. The highest BCUT2D eigenvalue weighted by Gasteiger charge is 1.98. The average molecular weight is 221 g/mol. The fourth-order valence-electron chi connectivity index (χ4n) is 2.19. The van der Waals surface area contributed by atoms with Crippen molar-refractivity contribution in [3.8, 4) is 0 Å². The van der Waals surface area contributed by atoms with Gasteiger partial charge in [-0.15, -0.1) is 0 Å². The van der Waals surface area contributed by atoms with Crippen LogP contribution in [0.25, 0.3) is 0 Å². The minimum absolute atomic E-state index is 0.923. The first kappa shape index (κ1) is 13.5. The zero-order chi connectivity index (χ0) is 11.5. The monoisotopic (exact) mass is 221 g/mol. The summed E-state index contributed by atoms with van der Waals surface area (Å²) < 4.78 is 0. The second-order valence-corrected chi connectivity index (χ2v) is 4.81. The van der Waals surface area contributed by atoms with E-state index in [0.717, 1.165) is 6.54 Å². The van der Waals surface area contributed by atoms with E-state index in [2.05, 4.69) is 24.1 Å². The molecule has 0 atom stereocenters. The molecule has 1 heteroatoms. The highest BCUT2D eigenvalue weighted by Crippen LogP contribution is 2.11. The van der Waals surface area contributed by atoms with Gasteiger partial charge in [-0.05, 0) is 18.9 Å². The van der Waals surface area contributed by atoms with Gasteiger partial charge in [0.1, 0.15) is 0 Å².